The second kappa shape index (κ2) is 11.7. The van der Waals surface area contributed by atoms with E-state index in [9.17, 15) is 18.0 Å². The lowest BCUT2D eigenvalue weighted by Gasteiger charge is -2.27. The van der Waals surface area contributed by atoms with E-state index in [1.54, 1.807) is 17.2 Å². The van der Waals surface area contributed by atoms with Crippen molar-refractivity contribution < 1.29 is 18.0 Å². The van der Waals surface area contributed by atoms with Crippen LogP contribution in [0, 0.1) is 0 Å². The molecule has 3 N–H and O–H groups in total. The number of aliphatic imine (C=N–C) groups is 1. The Labute approximate surface area is 203 Å². The monoisotopic (exact) mass is 493 g/mol. The summed E-state index contributed by atoms with van der Waals surface area (Å²) in [6.07, 6.45) is 7.70. The summed E-state index contributed by atoms with van der Waals surface area (Å²) in [6, 6.07) is 0.311. The highest BCUT2D eigenvalue weighted by atomic mass is 19.4. The lowest BCUT2D eigenvalue weighted by atomic mass is 10.1. The van der Waals surface area contributed by atoms with Crippen molar-refractivity contribution in [2.45, 2.75) is 63.6 Å². The first kappa shape index (κ1) is 25.3. The Morgan fingerprint density at radius 3 is 2.71 bits per heavy atom. The minimum absolute atomic E-state index is 0.120. The number of carbonyl (C=O) groups is 1. The fraction of sp³-hybridized carbons (Fsp3) is 0.625. The van der Waals surface area contributed by atoms with Crippen LogP contribution in [0.25, 0.3) is 0 Å². The zero-order chi connectivity index (χ0) is 24.7. The molecule has 192 valence electrons. The molecular formula is C24H34F3N7O. The maximum Gasteiger partial charge on any atom is 0.419 e. The number of hydrogen-bond donors (Lipinski definition) is 3. The quantitative estimate of drug-likeness (QED) is 0.504. The van der Waals surface area contributed by atoms with E-state index in [1.165, 1.54) is 6.08 Å². The first-order valence-electron chi connectivity index (χ1n) is 12.5. The van der Waals surface area contributed by atoms with Gasteiger partial charge in [-0.1, -0.05) is 6.08 Å². The van der Waals surface area contributed by atoms with Crippen molar-refractivity contribution in [1.82, 2.24) is 25.3 Å². The van der Waals surface area contributed by atoms with Crippen LogP contribution in [-0.4, -0.2) is 65.3 Å². The van der Waals surface area contributed by atoms with Crippen LogP contribution in [0.5, 0.6) is 0 Å². The van der Waals surface area contributed by atoms with E-state index in [4.69, 9.17) is 0 Å². The van der Waals surface area contributed by atoms with Crippen molar-refractivity contribution >= 4 is 17.4 Å². The number of halogens is 3. The average molecular weight is 494 g/mol. The number of allylic oxidation sites excluding steroid dienone is 2. The molecule has 0 aliphatic carbocycles. The van der Waals surface area contributed by atoms with Gasteiger partial charge in [-0.05, 0) is 64.1 Å². The Morgan fingerprint density at radius 1 is 1.14 bits per heavy atom. The standard InChI is InChI=1S/C24H34F3N7O/c25-24(26,27)20-6-1-2-7-21(31-18-16-30-34(17-18)19-9-12-28-13-10-19)32-23(20)29-11-5-15-33-14-4-3-8-22(33)35/h6-7,16-17,19,28,31H,1-5,8-15H2,(H,29,32)/b20-6+,21-7-. The minimum atomic E-state index is -4.52. The SMILES string of the molecule is O=C1CCCCN1CCCNC1=N/C(Nc2cnn(C3CCNCC3)c2)=C\CC/C=C\1C(F)(F)F. The highest BCUT2D eigenvalue weighted by Gasteiger charge is 2.37. The molecule has 4 rings (SSSR count). The predicted molar refractivity (Wildman–Crippen MR) is 129 cm³/mol. The molecule has 0 radical (unpaired) electrons. The molecule has 2 fully saturated rings. The van der Waals surface area contributed by atoms with Gasteiger partial charge >= 0.3 is 6.18 Å². The Morgan fingerprint density at radius 2 is 1.94 bits per heavy atom. The molecule has 0 spiro atoms. The number of piperidine rings is 2. The largest absolute Gasteiger partial charge is 0.419 e. The fourth-order valence-corrected chi connectivity index (χ4v) is 4.63. The number of anilines is 1. The van der Waals surface area contributed by atoms with Gasteiger partial charge in [-0.15, -0.1) is 0 Å². The van der Waals surface area contributed by atoms with E-state index >= 15 is 0 Å². The molecule has 11 heteroatoms. The van der Waals surface area contributed by atoms with E-state index in [0.29, 0.717) is 43.4 Å². The Bertz CT molecular complexity index is 961. The summed E-state index contributed by atoms with van der Waals surface area (Å²) < 4.78 is 43.4. The smallest absolute Gasteiger partial charge is 0.369 e. The fourth-order valence-electron chi connectivity index (χ4n) is 4.63. The lowest BCUT2D eigenvalue weighted by Crippen LogP contribution is -2.38. The number of nitrogens with zero attached hydrogens (tertiary/aromatic N) is 4. The third-order valence-electron chi connectivity index (χ3n) is 6.52. The summed E-state index contributed by atoms with van der Waals surface area (Å²) in [7, 11) is 0. The first-order chi connectivity index (χ1) is 16.9. The van der Waals surface area contributed by atoms with Gasteiger partial charge in [0.2, 0.25) is 5.91 Å². The zero-order valence-electron chi connectivity index (χ0n) is 19.9. The van der Waals surface area contributed by atoms with E-state index in [0.717, 1.165) is 45.3 Å². The molecule has 2 saturated heterocycles. The summed E-state index contributed by atoms with van der Waals surface area (Å²) in [4.78, 5) is 18.1. The number of hydrogen-bond acceptors (Lipinski definition) is 6. The van der Waals surface area contributed by atoms with Gasteiger partial charge in [-0.2, -0.15) is 18.3 Å². The molecule has 3 aliphatic heterocycles. The molecule has 0 saturated carbocycles. The van der Waals surface area contributed by atoms with Crippen LogP contribution in [-0.2, 0) is 4.79 Å². The molecule has 3 aliphatic rings. The van der Waals surface area contributed by atoms with Crippen LogP contribution in [0.2, 0.25) is 0 Å². The molecule has 1 aromatic rings. The minimum Gasteiger partial charge on any atom is -0.369 e. The van der Waals surface area contributed by atoms with E-state index in [1.807, 2.05) is 10.9 Å². The average Bonchev–Trinajstić information content (AvgIpc) is 3.28. The summed E-state index contributed by atoms with van der Waals surface area (Å²) in [5, 5.41) is 13.8. The number of amidine groups is 1. The van der Waals surface area contributed by atoms with Crippen molar-refractivity contribution in [3.8, 4) is 0 Å². The van der Waals surface area contributed by atoms with E-state index in [-0.39, 0.29) is 24.7 Å². The van der Waals surface area contributed by atoms with Crippen molar-refractivity contribution in [2.24, 2.45) is 4.99 Å². The highest BCUT2D eigenvalue weighted by molar-refractivity contribution is 6.00. The molecule has 0 bridgehead atoms. The summed E-state index contributed by atoms with van der Waals surface area (Å²) in [5.74, 6) is 0.278. The van der Waals surface area contributed by atoms with Crippen molar-refractivity contribution in [3.05, 3.63) is 35.9 Å². The topological polar surface area (TPSA) is 86.6 Å². The predicted octanol–water partition coefficient (Wildman–Crippen LogP) is 3.73. The van der Waals surface area contributed by atoms with Crippen LogP contribution in [0.3, 0.4) is 0 Å². The van der Waals surface area contributed by atoms with Gasteiger partial charge < -0.3 is 20.9 Å². The molecular weight excluding hydrogens is 459 g/mol. The summed E-state index contributed by atoms with van der Waals surface area (Å²) >= 11 is 0. The number of nitrogens with one attached hydrogen (secondary N) is 3. The molecule has 35 heavy (non-hydrogen) atoms. The number of carbonyl (C=O) groups excluding carboxylic acids is 1. The van der Waals surface area contributed by atoms with Gasteiger partial charge in [0.15, 0.2) is 0 Å². The highest BCUT2D eigenvalue weighted by Crippen LogP contribution is 2.29. The van der Waals surface area contributed by atoms with Gasteiger partial charge in [0.1, 0.15) is 11.7 Å². The van der Waals surface area contributed by atoms with Crippen molar-refractivity contribution in [1.29, 1.82) is 0 Å². The molecule has 1 aromatic heterocycles. The number of alkyl halides is 3. The third kappa shape index (κ3) is 7.09. The Hall–Kier alpha value is -2.82. The van der Waals surface area contributed by atoms with Gasteiger partial charge in [0.05, 0.1) is 23.5 Å². The molecule has 0 atom stereocenters. The van der Waals surface area contributed by atoms with Crippen LogP contribution >= 0.6 is 0 Å². The Kier molecular flexibility index (Phi) is 8.48. The van der Waals surface area contributed by atoms with E-state index in [2.05, 4.69) is 26.0 Å². The number of aromatic nitrogens is 2. The number of rotatable bonds is 7. The normalized spacial score (nSPS) is 24.9. The van der Waals surface area contributed by atoms with Crippen LogP contribution < -0.4 is 16.0 Å². The van der Waals surface area contributed by atoms with Crippen molar-refractivity contribution in [2.75, 3.05) is 38.0 Å². The Balaban J connectivity index is 1.43. The van der Waals surface area contributed by atoms with Crippen LogP contribution in [0.15, 0.2) is 40.9 Å². The number of amides is 1. The molecule has 0 aromatic carbocycles. The second-order valence-corrected chi connectivity index (χ2v) is 9.18. The van der Waals surface area contributed by atoms with Gasteiger partial charge in [0, 0.05) is 32.3 Å². The maximum atomic E-state index is 13.8. The van der Waals surface area contributed by atoms with Gasteiger partial charge in [0.25, 0.3) is 0 Å². The van der Waals surface area contributed by atoms with Crippen LogP contribution in [0.1, 0.15) is 57.4 Å². The maximum absolute atomic E-state index is 13.8. The molecule has 8 nitrogen and oxygen atoms in total. The summed E-state index contributed by atoms with van der Waals surface area (Å²) in [5.41, 5.74) is -0.0658. The molecule has 1 amide bonds. The zero-order valence-corrected chi connectivity index (χ0v) is 19.9. The second-order valence-electron chi connectivity index (χ2n) is 9.18. The summed E-state index contributed by atoms with van der Waals surface area (Å²) in [6.45, 7) is 3.42. The third-order valence-corrected chi connectivity index (χ3v) is 6.52. The number of likely N-dealkylation sites (tertiary alicyclic amines) is 1. The first-order valence-corrected chi connectivity index (χ1v) is 12.5. The van der Waals surface area contributed by atoms with Gasteiger partial charge in [-0.25, -0.2) is 4.99 Å². The van der Waals surface area contributed by atoms with Gasteiger partial charge in [-0.3, -0.25) is 9.48 Å². The molecule has 0 unspecified atom stereocenters. The van der Waals surface area contributed by atoms with E-state index < -0.39 is 11.7 Å². The molecule has 4 heterocycles. The van der Waals surface area contributed by atoms with Crippen molar-refractivity contribution in [3.63, 3.8) is 0 Å². The lowest BCUT2D eigenvalue weighted by molar-refractivity contribution is -0.133. The van der Waals surface area contributed by atoms with Crippen LogP contribution in [0.4, 0.5) is 18.9 Å².